The van der Waals surface area contributed by atoms with Crippen molar-refractivity contribution in [1.29, 1.82) is 0 Å². The number of benzene rings is 3. The van der Waals surface area contributed by atoms with Gasteiger partial charge >= 0.3 is 0 Å². The van der Waals surface area contributed by atoms with Gasteiger partial charge in [-0.2, -0.15) is 0 Å². The third kappa shape index (κ3) is 3.11. The monoisotopic (exact) mass is 342 g/mol. The van der Waals surface area contributed by atoms with Crippen LogP contribution in [0.5, 0.6) is 11.5 Å². The second kappa shape index (κ2) is 6.89. The smallest absolute Gasteiger partial charge is 0.231 e. The lowest BCUT2D eigenvalue weighted by Crippen LogP contribution is -1.98. The summed E-state index contributed by atoms with van der Waals surface area (Å²) < 4.78 is 11.2. The SMILES string of the molecule is CCOc1ccc2c(c1)OC(=Cc1ccc(-c3ccccc3)cc1)C2=O. The fraction of sp³-hybridized carbons (Fsp3) is 0.0870. The van der Waals surface area contributed by atoms with Crippen LogP contribution in [0.15, 0.2) is 78.6 Å². The molecular formula is C23H18O3. The summed E-state index contributed by atoms with van der Waals surface area (Å²) in [6.07, 6.45) is 1.78. The molecule has 3 heteroatoms. The number of ketones is 1. The van der Waals surface area contributed by atoms with Crippen LogP contribution in [0.4, 0.5) is 0 Å². The minimum absolute atomic E-state index is 0.102. The molecule has 3 nitrogen and oxygen atoms in total. The number of allylic oxidation sites excluding steroid dienone is 1. The highest BCUT2D eigenvalue weighted by atomic mass is 16.5. The van der Waals surface area contributed by atoms with E-state index in [1.54, 1.807) is 24.3 Å². The molecule has 3 aromatic rings. The molecule has 1 aliphatic heterocycles. The van der Waals surface area contributed by atoms with Crippen molar-refractivity contribution in [2.75, 3.05) is 6.61 Å². The molecule has 0 saturated carbocycles. The molecule has 26 heavy (non-hydrogen) atoms. The van der Waals surface area contributed by atoms with Gasteiger partial charge in [0.15, 0.2) is 5.76 Å². The van der Waals surface area contributed by atoms with E-state index < -0.39 is 0 Å². The number of hydrogen-bond donors (Lipinski definition) is 0. The van der Waals surface area contributed by atoms with Crippen LogP contribution in [-0.4, -0.2) is 12.4 Å². The van der Waals surface area contributed by atoms with Gasteiger partial charge in [-0.1, -0.05) is 54.6 Å². The third-order valence-corrected chi connectivity index (χ3v) is 4.27. The van der Waals surface area contributed by atoms with Crippen molar-refractivity contribution >= 4 is 11.9 Å². The Bertz CT molecular complexity index is 970. The maximum atomic E-state index is 12.5. The lowest BCUT2D eigenvalue weighted by Gasteiger charge is -2.04. The van der Waals surface area contributed by atoms with Gasteiger partial charge in [0.25, 0.3) is 0 Å². The van der Waals surface area contributed by atoms with E-state index in [9.17, 15) is 4.79 Å². The highest BCUT2D eigenvalue weighted by Gasteiger charge is 2.27. The van der Waals surface area contributed by atoms with Crippen LogP contribution in [0, 0.1) is 0 Å². The van der Waals surface area contributed by atoms with E-state index >= 15 is 0 Å². The minimum atomic E-state index is -0.102. The second-order valence-corrected chi connectivity index (χ2v) is 6.02. The van der Waals surface area contributed by atoms with Crippen LogP contribution in [0.1, 0.15) is 22.8 Å². The number of ether oxygens (including phenoxy) is 2. The fourth-order valence-corrected chi connectivity index (χ4v) is 2.98. The van der Waals surface area contributed by atoms with Gasteiger partial charge in [-0.05, 0) is 41.8 Å². The first-order chi connectivity index (χ1) is 12.7. The molecular weight excluding hydrogens is 324 g/mol. The number of Topliss-reactive ketones (excluding diaryl/α,β-unsaturated/α-hetero) is 1. The first-order valence-corrected chi connectivity index (χ1v) is 8.61. The van der Waals surface area contributed by atoms with Crippen LogP contribution in [0.2, 0.25) is 0 Å². The van der Waals surface area contributed by atoms with Crippen molar-refractivity contribution in [2.24, 2.45) is 0 Å². The number of carbonyl (C=O) groups is 1. The van der Waals surface area contributed by atoms with Gasteiger partial charge in [-0.25, -0.2) is 0 Å². The van der Waals surface area contributed by atoms with Gasteiger partial charge < -0.3 is 9.47 Å². The normalized spacial score (nSPS) is 14.2. The molecule has 0 spiro atoms. The Hall–Kier alpha value is -3.33. The number of rotatable bonds is 4. The summed E-state index contributed by atoms with van der Waals surface area (Å²) in [5.41, 5.74) is 3.79. The molecule has 4 rings (SSSR count). The summed E-state index contributed by atoms with van der Waals surface area (Å²) in [4.78, 5) is 12.5. The quantitative estimate of drug-likeness (QED) is 0.598. The molecule has 0 fully saturated rings. The van der Waals surface area contributed by atoms with Crippen LogP contribution in [0.3, 0.4) is 0 Å². The van der Waals surface area contributed by atoms with Crippen molar-refractivity contribution < 1.29 is 14.3 Å². The lowest BCUT2D eigenvalue weighted by molar-refractivity contribution is 0.101. The molecule has 0 aromatic heterocycles. The second-order valence-electron chi connectivity index (χ2n) is 6.02. The van der Waals surface area contributed by atoms with Crippen molar-refractivity contribution in [3.8, 4) is 22.6 Å². The third-order valence-electron chi connectivity index (χ3n) is 4.27. The largest absolute Gasteiger partial charge is 0.494 e. The van der Waals surface area contributed by atoms with E-state index in [0.29, 0.717) is 29.4 Å². The average molecular weight is 342 g/mol. The van der Waals surface area contributed by atoms with Crippen LogP contribution >= 0.6 is 0 Å². The zero-order valence-corrected chi connectivity index (χ0v) is 14.4. The molecule has 0 unspecified atom stereocenters. The molecule has 0 bridgehead atoms. The van der Waals surface area contributed by atoms with Gasteiger partial charge in [0, 0.05) is 6.07 Å². The van der Waals surface area contributed by atoms with Gasteiger partial charge in [0.05, 0.1) is 12.2 Å². The molecule has 0 atom stereocenters. The van der Waals surface area contributed by atoms with Crippen molar-refractivity contribution in [1.82, 2.24) is 0 Å². The van der Waals surface area contributed by atoms with Gasteiger partial charge in [-0.3, -0.25) is 4.79 Å². The van der Waals surface area contributed by atoms with Crippen LogP contribution in [-0.2, 0) is 0 Å². The van der Waals surface area contributed by atoms with Crippen molar-refractivity contribution in [2.45, 2.75) is 6.92 Å². The Balaban J connectivity index is 1.58. The van der Waals surface area contributed by atoms with E-state index in [1.807, 2.05) is 49.4 Å². The molecule has 0 aliphatic carbocycles. The van der Waals surface area contributed by atoms with E-state index in [4.69, 9.17) is 9.47 Å². The zero-order valence-electron chi connectivity index (χ0n) is 14.4. The van der Waals surface area contributed by atoms with E-state index in [-0.39, 0.29) is 5.78 Å². The number of fused-ring (bicyclic) bond motifs is 1. The Morgan fingerprint density at radius 3 is 2.38 bits per heavy atom. The summed E-state index contributed by atoms with van der Waals surface area (Å²) in [6.45, 7) is 2.49. The Kier molecular flexibility index (Phi) is 4.28. The minimum Gasteiger partial charge on any atom is -0.494 e. The van der Waals surface area contributed by atoms with Gasteiger partial charge in [0.2, 0.25) is 5.78 Å². The maximum Gasteiger partial charge on any atom is 0.231 e. The molecule has 0 saturated heterocycles. The average Bonchev–Trinajstić information content (AvgIpc) is 2.98. The molecule has 128 valence electrons. The number of carbonyl (C=O) groups excluding carboxylic acids is 1. The van der Waals surface area contributed by atoms with E-state index in [1.165, 1.54) is 0 Å². The predicted molar refractivity (Wildman–Crippen MR) is 102 cm³/mol. The van der Waals surface area contributed by atoms with Crippen molar-refractivity contribution in [3.63, 3.8) is 0 Å². The van der Waals surface area contributed by atoms with Crippen molar-refractivity contribution in [3.05, 3.63) is 89.7 Å². The summed E-state index contributed by atoms with van der Waals surface area (Å²) >= 11 is 0. The fourth-order valence-electron chi connectivity index (χ4n) is 2.98. The first kappa shape index (κ1) is 16.2. The molecule has 3 aromatic carbocycles. The predicted octanol–water partition coefficient (Wildman–Crippen LogP) is 5.37. The molecule has 1 aliphatic rings. The van der Waals surface area contributed by atoms with Crippen LogP contribution < -0.4 is 9.47 Å². The Labute approximate surface area is 152 Å². The lowest BCUT2D eigenvalue weighted by atomic mass is 10.0. The molecule has 0 radical (unpaired) electrons. The van der Waals surface area contributed by atoms with Crippen LogP contribution in [0.25, 0.3) is 17.2 Å². The van der Waals surface area contributed by atoms with Gasteiger partial charge in [0.1, 0.15) is 11.5 Å². The van der Waals surface area contributed by atoms with E-state index in [0.717, 1.165) is 16.7 Å². The highest BCUT2D eigenvalue weighted by molar-refractivity contribution is 6.14. The Morgan fingerprint density at radius 2 is 1.65 bits per heavy atom. The first-order valence-electron chi connectivity index (χ1n) is 8.61. The molecule has 0 amide bonds. The summed E-state index contributed by atoms with van der Waals surface area (Å²) in [7, 11) is 0. The topological polar surface area (TPSA) is 35.5 Å². The highest BCUT2D eigenvalue weighted by Crippen LogP contribution is 2.35. The zero-order chi connectivity index (χ0) is 17.9. The standard InChI is InChI=1S/C23H18O3/c1-2-25-19-12-13-20-21(15-19)26-22(23(20)24)14-16-8-10-18(11-9-16)17-6-4-3-5-7-17/h3-15H,2H2,1H3. The summed E-state index contributed by atoms with van der Waals surface area (Å²) in [6, 6.07) is 23.5. The molecule has 0 N–H and O–H groups in total. The number of hydrogen-bond acceptors (Lipinski definition) is 3. The maximum absolute atomic E-state index is 12.5. The van der Waals surface area contributed by atoms with E-state index in [2.05, 4.69) is 12.1 Å². The summed E-state index contributed by atoms with van der Waals surface area (Å²) in [5, 5.41) is 0. The van der Waals surface area contributed by atoms with Gasteiger partial charge in [-0.15, -0.1) is 0 Å². The Morgan fingerprint density at radius 1 is 0.923 bits per heavy atom. The molecule has 1 heterocycles. The summed E-state index contributed by atoms with van der Waals surface area (Å²) in [5.74, 6) is 1.48.